The first kappa shape index (κ1) is 14.5. The number of halogens is 1. The van der Waals surface area contributed by atoms with Crippen LogP contribution in [0.5, 0.6) is 0 Å². The zero-order valence-electron chi connectivity index (χ0n) is 12.2. The van der Waals surface area contributed by atoms with Crippen molar-refractivity contribution >= 4 is 49.1 Å². The third-order valence-electron chi connectivity index (χ3n) is 3.76. The Balaban J connectivity index is 1.42. The molecular weight excluding hydrogens is 335 g/mol. The van der Waals surface area contributed by atoms with E-state index in [2.05, 4.69) is 14.7 Å². The smallest absolute Gasteiger partial charge is 0.231 e. The average Bonchev–Trinajstić information content (AvgIpc) is 3.04. The lowest BCUT2D eigenvalue weighted by Crippen LogP contribution is -2.52. The lowest BCUT2D eigenvalue weighted by Gasteiger charge is -2.37. The van der Waals surface area contributed by atoms with Crippen LogP contribution in [0, 0.1) is 18.7 Å². The number of benzene rings is 1. The van der Waals surface area contributed by atoms with Crippen LogP contribution in [0.25, 0.3) is 10.2 Å². The molecule has 8 heteroatoms. The van der Waals surface area contributed by atoms with Gasteiger partial charge in [0.1, 0.15) is 16.3 Å². The molecule has 0 unspecified atom stereocenters. The quantitative estimate of drug-likeness (QED) is 0.789. The van der Waals surface area contributed by atoms with Gasteiger partial charge in [0.15, 0.2) is 5.13 Å². The molecule has 3 aromatic rings. The summed E-state index contributed by atoms with van der Waals surface area (Å²) in [6.45, 7) is 3.10. The Morgan fingerprint density at radius 3 is 2.96 bits per heavy atom. The third kappa shape index (κ3) is 2.68. The maximum absolute atomic E-state index is 13.7. The van der Waals surface area contributed by atoms with E-state index in [4.69, 9.17) is 0 Å². The largest absolute Gasteiger partial charge is 0.346 e. The standard InChI is InChI=1S/C15H13FN4OS2/c1-8-5-12(23-19-8)17-14(21)9-6-20(7-9)15-18-13-10(16)3-2-4-11(13)22-15/h2-5,9H,6-7H2,1H3,(H,17,21). The highest BCUT2D eigenvalue weighted by Gasteiger charge is 2.34. The third-order valence-corrected chi connectivity index (χ3v) is 5.63. The number of hydrogen-bond donors (Lipinski definition) is 1. The maximum Gasteiger partial charge on any atom is 0.231 e. The predicted molar refractivity (Wildman–Crippen MR) is 90.8 cm³/mol. The molecule has 1 aromatic carbocycles. The van der Waals surface area contributed by atoms with Crippen molar-refractivity contribution in [3.8, 4) is 0 Å². The van der Waals surface area contributed by atoms with Crippen molar-refractivity contribution in [3.63, 3.8) is 0 Å². The van der Waals surface area contributed by atoms with Crippen molar-refractivity contribution in [3.05, 3.63) is 35.8 Å². The number of carbonyl (C=O) groups excluding carboxylic acids is 1. The summed E-state index contributed by atoms with van der Waals surface area (Å²) in [6, 6.07) is 6.81. The fourth-order valence-electron chi connectivity index (χ4n) is 2.49. The van der Waals surface area contributed by atoms with E-state index in [1.807, 2.05) is 24.0 Å². The molecule has 23 heavy (non-hydrogen) atoms. The van der Waals surface area contributed by atoms with Crippen molar-refractivity contribution in [2.24, 2.45) is 5.92 Å². The van der Waals surface area contributed by atoms with Gasteiger partial charge in [-0.3, -0.25) is 4.79 Å². The van der Waals surface area contributed by atoms with E-state index in [0.29, 0.717) is 18.6 Å². The van der Waals surface area contributed by atoms with Gasteiger partial charge in [0.25, 0.3) is 0 Å². The van der Waals surface area contributed by atoms with Gasteiger partial charge in [0.2, 0.25) is 5.91 Å². The number of nitrogens with zero attached hydrogens (tertiary/aromatic N) is 3. The summed E-state index contributed by atoms with van der Waals surface area (Å²) in [5.74, 6) is -0.383. The van der Waals surface area contributed by atoms with Crippen LogP contribution in [-0.2, 0) is 4.79 Å². The Kier molecular flexibility index (Phi) is 3.50. The fourth-order valence-corrected chi connectivity index (χ4v) is 4.15. The SMILES string of the molecule is Cc1cc(NC(=O)C2CN(c3nc4c(F)cccc4s3)C2)sn1. The van der Waals surface area contributed by atoms with Crippen LogP contribution in [0.1, 0.15) is 5.69 Å². The first-order valence-electron chi connectivity index (χ1n) is 7.14. The van der Waals surface area contributed by atoms with Crippen LogP contribution >= 0.6 is 22.9 Å². The van der Waals surface area contributed by atoms with Gasteiger partial charge in [0.05, 0.1) is 16.3 Å². The van der Waals surface area contributed by atoms with Gasteiger partial charge < -0.3 is 10.2 Å². The maximum atomic E-state index is 13.7. The fraction of sp³-hybridized carbons (Fsp3) is 0.267. The lowest BCUT2D eigenvalue weighted by atomic mass is 10.0. The first-order chi connectivity index (χ1) is 11.1. The molecule has 1 saturated heterocycles. The number of thiazole rings is 1. The summed E-state index contributed by atoms with van der Waals surface area (Å²) in [7, 11) is 0. The molecule has 1 fully saturated rings. The number of aryl methyl sites for hydroxylation is 1. The minimum absolute atomic E-state index is 0.00260. The summed E-state index contributed by atoms with van der Waals surface area (Å²) in [5.41, 5.74) is 1.30. The second-order valence-corrected chi connectivity index (χ2v) is 7.32. The Bertz CT molecular complexity index is 885. The summed E-state index contributed by atoms with van der Waals surface area (Å²) >= 11 is 2.74. The Hall–Kier alpha value is -2.06. The molecule has 3 heterocycles. The molecule has 5 nitrogen and oxygen atoms in total. The van der Waals surface area contributed by atoms with Crippen LogP contribution in [0.4, 0.5) is 14.5 Å². The molecule has 0 radical (unpaired) electrons. The van der Waals surface area contributed by atoms with E-state index < -0.39 is 0 Å². The van der Waals surface area contributed by atoms with Crippen molar-refractivity contribution in [1.29, 1.82) is 0 Å². The number of aromatic nitrogens is 2. The molecule has 4 rings (SSSR count). The minimum atomic E-state index is -0.305. The summed E-state index contributed by atoms with van der Waals surface area (Å²) < 4.78 is 18.7. The van der Waals surface area contributed by atoms with Crippen molar-refractivity contribution in [1.82, 2.24) is 9.36 Å². The molecule has 2 aromatic heterocycles. The number of nitrogens with one attached hydrogen (secondary N) is 1. The van der Waals surface area contributed by atoms with Crippen molar-refractivity contribution in [2.45, 2.75) is 6.92 Å². The van der Waals surface area contributed by atoms with E-state index in [0.717, 1.165) is 20.5 Å². The second kappa shape index (κ2) is 5.54. The first-order valence-corrected chi connectivity index (χ1v) is 8.73. The normalized spacial score (nSPS) is 15.0. The number of fused-ring (bicyclic) bond motifs is 1. The van der Waals surface area contributed by atoms with Crippen LogP contribution in [0.3, 0.4) is 0 Å². The van der Waals surface area contributed by atoms with Crippen LogP contribution in [0.2, 0.25) is 0 Å². The van der Waals surface area contributed by atoms with Crippen LogP contribution in [-0.4, -0.2) is 28.4 Å². The van der Waals surface area contributed by atoms with Gasteiger partial charge in [-0.25, -0.2) is 9.37 Å². The Morgan fingerprint density at radius 1 is 1.43 bits per heavy atom. The van der Waals surface area contributed by atoms with E-state index in [1.54, 1.807) is 6.07 Å². The van der Waals surface area contributed by atoms with E-state index in [-0.39, 0.29) is 17.6 Å². The van der Waals surface area contributed by atoms with Crippen LogP contribution < -0.4 is 10.2 Å². The van der Waals surface area contributed by atoms with Gasteiger partial charge in [-0.05, 0) is 36.7 Å². The van der Waals surface area contributed by atoms with Crippen LogP contribution in [0.15, 0.2) is 24.3 Å². The highest BCUT2D eigenvalue weighted by molar-refractivity contribution is 7.22. The Labute approximate surface area is 139 Å². The molecular formula is C15H13FN4OS2. The zero-order chi connectivity index (χ0) is 16.0. The van der Waals surface area contributed by atoms with Gasteiger partial charge in [-0.1, -0.05) is 17.4 Å². The number of hydrogen-bond acceptors (Lipinski definition) is 6. The predicted octanol–water partition coefficient (Wildman–Crippen LogP) is 3.28. The molecule has 1 amide bonds. The molecule has 1 aliphatic rings. The number of para-hydroxylation sites is 1. The van der Waals surface area contributed by atoms with Crippen molar-refractivity contribution in [2.75, 3.05) is 23.3 Å². The van der Waals surface area contributed by atoms with Gasteiger partial charge >= 0.3 is 0 Å². The monoisotopic (exact) mass is 348 g/mol. The van der Waals surface area contributed by atoms with E-state index in [1.165, 1.54) is 28.9 Å². The topological polar surface area (TPSA) is 58.1 Å². The molecule has 1 N–H and O–H groups in total. The van der Waals surface area contributed by atoms with Crippen molar-refractivity contribution < 1.29 is 9.18 Å². The number of anilines is 2. The van der Waals surface area contributed by atoms with E-state index in [9.17, 15) is 9.18 Å². The van der Waals surface area contributed by atoms with Gasteiger partial charge in [-0.2, -0.15) is 4.37 Å². The highest BCUT2D eigenvalue weighted by Crippen LogP contribution is 2.34. The summed E-state index contributed by atoms with van der Waals surface area (Å²) in [4.78, 5) is 18.5. The number of rotatable bonds is 3. The highest BCUT2D eigenvalue weighted by atomic mass is 32.1. The molecule has 1 aliphatic heterocycles. The molecule has 0 spiro atoms. The minimum Gasteiger partial charge on any atom is -0.346 e. The molecule has 118 valence electrons. The number of carbonyl (C=O) groups is 1. The van der Waals surface area contributed by atoms with Gasteiger partial charge in [0, 0.05) is 13.1 Å². The second-order valence-electron chi connectivity index (χ2n) is 5.51. The van der Waals surface area contributed by atoms with Gasteiger partial charge in [-0.15, -0.1) is 0 Å². The zero-order valence-corrected chi connectivity index (χ0v) is 13.9. The molecule has 0 aliphatic carbocycles. The molecule has 0 atom stereocenters. The summed E-state index contributed by atoms with van der Waals surface area (Å²) in [5, 5.41) is 4.42. The summed E-state index contributed by atoms with van der Waals surface area (Å²) in [6.07, 6.45) is 0. The van der Waals surface area contributed by atoms with E-state index >= 15 is 0 Å². The Morgan fingerprint density at radius 2 is 2.26 bits per heavy atom. The molecule has 0 bridgehead atoms. The lowest BCUT2D eigenvalue weighted by molar-refractivity contribution is -0.120. The molecule has 0 saturated carbocycles. The number of amides is 1. The average molecular weight is 348 g/mol.